The highest BCUT2D eigenvalue weighted by Gasteiger charge is 2.11. The molecule has 3 nitrogen and oxygen atoms in total. The molecule has 1 aromatic carbocycles. The minimum absolute atomic E-state index is 0.00317. The van der Waals surface area contributed by atoms with Crippen LogP contribution in [0.1, 0.15) is 11.1 Å². The molecular weight excluding hydrogens is 253 g/mol. The molecule has 1 N–H and O–H groups in total. The van der Waals surface area contributed by atoms with Gasteiger partial charge < -0.3 is 5.11 Å². The third-order valence-electron chi connectivity index (χ3n) is 1.57. The summed E-state index contributed by atoms with van der Waals surface area (Å²) < 4.78 is 13.4. The van der Waals surface area contributed by atoms with Gasteiger partial charge in [-0.05, 0) is 28.1 Å². The molecule has 0 saturated carbocycles. The number of hydrogen-bond acceptors (Lipinski definition) is 2. The van der Waals surface area contributed by atoms with Crippen LogP contribution in [0.2, 0.25) is 0 Å². The molecular formula is C9H5BrFNO2. The molecule has 0 fully saturated rings. The molecule has 1 aromatic rings. The molecule has 72 valence electrons. The van der Waals surface area contributed by atoms with Gasteiger partial charge in [0.15, 0.2) is 0 Å². The van der Waals surface area contributed by atoms with Gasteiger partial charge in [0.05, 0.1) is 22.5 Å². The zero-order valence-electron chi connectivity index (χ0n) is 6.92. The van der Waals surface area contributed by atoms with Crippen molar-refractivity contribution in [3.63, 3.8) is 0 Å². The summed E-state index contributed by atoms with van der Waals surface area (Å²) in [6, 6.07) is 4.36. The fourth-order valence-electron chi connectivity index (χ4n) is 1.00. The van der Waals surface area contributed by atoms with Crippen LogP contribution >= 0.6 is 15.9 Å². The Bertz CT molecular complexity index is 426. The van der Waals surface area contributed by atoms with Gasteiger partial charge in [-0.15, -0.1) is 0 Å². The zero-order valence-corrected chi connectivity index (χ0v) is 8.51. The number of carboxylic acid groups (broad SMARTS) is 1. The number of benzene rings is 1. The minimum Gasteiger partial charge on any atom is -0.481 e. The van der Waals surface area contributed by atoms with Crippen molar-refractivity contribution in [3.8, 4) is 6.07 Å². The van der Waals surface area contributed by atoms with E-state index in [-0.39, 0.29) is 15.6 Å². The predicted octanol–water partition coefficient (Wildman–Crippen LogP) is 2.09. The lowest BCUT2D eigenvalue weighted by atomic mass is 10.1. The first-order valence-corrected chi connectivity index (χ1v) is 4.43. The Balaban J connectivity index is 3.21. The van der Waals surface area contributed by atoms with E-state index in [0.29, 0.717) is 0 Å². The summed E-state index contributed by atoms with van der Waals surface area (Å²) in [5.41, 5.74) is 0.234. The first kappa shape index (κ1) is 10.7. The molecule has 5 heteroatoms. The van der Waals surface area contributed by atoms with Gasteiger partial charge in [-0.25, -0.2) is 4.39 Å². The number of hydrogen-bond donors (Lipinski definition) is 1. The van der Waals surface area contributed by atoms with E-state index < -0.39 is 18.2 Å². The number of nitriles is 1. The van der Waals surface area contributed by atoms with Crippen LogP contribution in [-0.4, -0.2) is 11.1 Å². The van der Waals surface area contributed by atoms with Gasteiger partial charge in [-0.1, -0.05) is 0 Å². The van der Waals surface area contributed by atoms with E-state index in [1.807, 2.05) is 6.07 Å². The lowest BCUT2D eigenvalue weighted by Gasteiger charge is -2.02. The third kappa shape index (κ3) is 2.30. The topological polar surface area (TPSA) is 61.1 Å². The number of aliphatic carboxylic acids is 1. The highest BCUT2D eigenvalue weighted by Crippen LogP contribution is 2.21. The van der Waals surface area contributed by atoms with Crippen LogP contribution in [0.4, 0.5) is 4.39 Å². The average molecular weight is 258 g/mol. The molecule has 0 radical (unpaired) electrons. The van der Waals surface area contributed by atoms with E-state index in [2.05, 4.69) is 15.9 Å². The molecule has 0 atom stereocenters. The molecule has 14 heavy (non-hydrogen) atoms. The van der Waals surface area contributed by atoms with Gasteiger partial charge in [-0.2, -0.15) is 5.26 Å². The molecule has 0 aliphatic carbocycles. The van der Waals surface area contributed by atoms with Gasteiger partial charge >= 0.3 is 5.97 Å². The summed E-state index contributed by atoms with van der Waals surface area (Å²) in [4.78, 5) is 10.4. The fourth-order valence-corrected chi connectivity index (χ4v) is 1.50. The first-order valence-electron chi connectivity index (χ1n) is 3.64. The lowest BCUT2D eigenvalue weighted by molar-refractivity contribution is -0.136. The van der Waals surface area contributed by atoms with Gasteiger partial charge in [0.1, 0.15) is 5.82 Å². The van der Waals surface area contributed by atoms with Crippen molar-refractivity contribution in [1.82, 2.24) is 0 Å². The second-order valence-electron chi connectivity index (χ2n) is 2.61. The van der Waals surface area contributed by atoms with E-state index in [1.165, 1.54) is 12.1 Å². The van der Waals surface area contributed by atoms with Crippen LogP contribution in [0.3, 0.4) is 0 Å². The number of carbonyl (C=O) groups is 1. The Morgan fingerprint density at radius 2 is 2.29 bits per heavy atom. The molecule has 0 heterocycles. The summed E-state index contributed by atoms with van der Waals surface area (Å²) in [7, 11) is 0. The summed E-state index contributed by atoms with van der Waals surface area (Å²) >= 11 is 2.91. The molecule has 0 aliphatic rings. The van der Waals surface area contributed by atoms with E-state index in [0.717, 1.165) is 0 Å². The van der Waals surface area contributed by atoms with Gasteiger partial charge in [0.2, 0.25) is 0 Å². The largest absolute Gasteiger partial charge is 0.481 e. The monoisotopic (exact) mass is 257 g/mol. The molecule has 0 saturated heterocycles. The smallest absolute Gasteiger partial charge is 0.307 e. The summed E-state index contributed by atoms with van der Waals surface area (Å²) in [6.45, 7) is 0. The first-order chi connectivity index (χ1) is 6.54. The summed E-state index contributed by atoms with van der Waals surface area (Å²) in [5, 5.41) is 17.1. The standard InChI is InChI=1S/C9H5BrFNO2/c10-7-2-5(4-12)1-6(9(7)11)3-8(13)14/h1-2H,3H2,(H,13,14). The molecule has 0 spiro atoms. The predicted molar refractivity (Wildman–Crippen MR) is 50.2 cm³/mol. The van der Waals surface area contributed by atoms with E-state index in [9.17, 15) is 9.18 Å². The second-order valence-corrected chi connectivity index (χ2v) is 3.47. The number of nitrogens with zero attached hydrogens (tertiary/aromatic N) is 1. The maximum absolute atomic E-state index is 13.3. The molecule has 0 aromatic heterocycles. The molecule has 0 bridgehead atoms. The average Bonchev–Trinajstić information content (AvgIpc) is 2.11. The molecule has 0 unspecified atom stereocenters. The highest BCUT2D eigenvalue weighted by atomic mass is 79.9. The summed E-state index contributed by atoms with van der Waals surface area (Å²) in [5.74, 6) is -1.77. The maximum Gasteiger partial charge on any atom is 0.307 e. The summed E-state index contributed by atoms with van der Waals surface area (Å²) in [6.07, 6.45) is -0.431. The molecule has 0 aliphatic heterocycles. The van der Waals surface area contributed by atoms with Crippen LogP contribution in [0.25, 0.3) is 0 Å². The Hall–Kier alpha value is -1.41. The van der Waals surface area contributed by atoms with Gasteiger partial charge in [-0.3, -0.25) is 4.79 Å². The Morgan fingerprint density at radius 3 is 2.79 bits per heavy atom. The molecule has 0 amide bonds. The second kappa shape index (κ2) is 4.20. The Morgan fingerprint density at radius 1 is 1.64 bits per heavy atom. The van der Waals surface area contributed by atoms with Crippen LogP contribution in [-0.2, 0) is 11.2 Å². The maximum atomic E-state index is 13.3. The van der Waals surface area contributed by atoms with E-state index >= 15 is 0 Å². The van der Waals surface area contributed by atoms with Crippen molar-refractivity contribution in [3.05, 3.63) is 33.5 Å². The van der Waals surface area contributed by atoms with Crippen molar-refractivity contribution < 1.29 is 14.3 Å². The quantitative estimate of drug-likeness (QED) is 0.883. The van der Waals surface area contributed by atoms with Crippen LogP contribution < -0.4 is 0 Å². The van der Waals surface area contributed by atoms with Crippen molar-refractivity contribution in [1.29, 1.82) is 5.26 Å². The number of rotatable bonds is 2. The SMILES string of the molecule is N#Cc1cc(Br)c(F)c(CC(=O)O)c1. The Kier molecular flexibility index (Phi) is 3.20. The van der Waals surface area contributed by atoms with Crippen molar-refractivity contribution in [2.24, 2.45) is 0 Å². The number of carboxylic acids is 1. The normalized spacial score (nSPS) is 9.50. The van der Waals surface area contributed by atoms with E-state index in [4.69, 9.17) is 10.4 Å². The minimum atomic E-state index is -1.13. The van der Waals surface area contributed by atoms with Gasteiger partial charge in [0.25, 0.3) is 0 Å². The fraction of sp³-hybridized carbons (Fsp3) is 0.111. The van der Waals surface area contributed by atoms with E-state index in [1.54, 1.807) is 0 Å². The molecule has 1 rings (SSSR count). The van der Waals surface area contributed by atoms with Crippen LogP contribution in [0.5, 0.6) is 0 Å². The van der Waals surface area contributed by atoms with Crippen molar-refractivity contribution in [2.45, 2.75) is 6.42 Å². The zero-order chi connectivity index (χ0) is 10.7. The van der Waals surface area contributed by atoms with Crippen molar-refractivity contribution >= 4 is 21.9 Å². The number of halogens is 2. The third-order valence-corrected chi connectivity index (χ3v) is 2.15. The van der Waals surface area contributed by atoms with Crippen molar-refractivity contribution in [2.75, 3.05) is 0 Å². The van der Waals surface area contributed by atoms with Gasteiger partial charge in [0, 0.05) is 5.56 Å². The Labute approximate surface area is 87.9 Å². The lowest BCUT2D eigenvalue weighted by Crippen LogP contribution is -2.03. The van der Waals surface area contributed by atoms with Crippen LogP contribution in [0.15, 0.2) is 16.6 Å². The van der Waals surface area contributed by atoms with Crippen LogP contribution in [0, 0.1) is 17.1 Å². The highest BCUT2D eigenvalue weighted by molar-refractivity contribution is 9.10.